The summed E-state index contributed by atoms with van der Waals surface area (Å²) in [5.41, 5.74) is 2.68. The van der Waals surface area contributed by atoms with Crippen LogP contribution in [0.4, 0.5) is 4.79 Å². The van der Waals surface area contributed by atoms with E-state index in [1.807, 2.05) is 0 Å². The summed E-state index contributed by atoms with van der Waals surface area (Å²) in [6, 6.07) is 8.66. The van der Waals surface area contributed by atoms with Gasteiger partial charge in [0, 0.05) is 18.5 Å². The molecule has 23 heavy (non-hydrogen) atoms. The zero-order chi connectivity index (χ0) is 15.9. The Labute approximate surface area is 137 Å². The number of aliphatic hydroxyl groups is 1. The van der Waals surface area contributed by atoms with E-state index >= 15 is 0 Å². The Balaban J connectivity index is 1.30. The summed E-state index contributed by atoms with van der Waals surface area (Å²) in [6.07, 6.45) is 7.55. The number of aryl methyl sites for hydroxylation is 1. The Morgan fingerprint density at radius 3 is 2.78 bits per heavy atom. The van der Waals surface area contributed by atoms with Crippen LogP contribution in [0.5, 0.6) is 0 Å². The maximum Gasteiger partial charge on any atom is 0.314 e. The van der Waals surface area contributed by atoms with Crippen LogP contribution in [0.2, 0.25) is 0 Å². The molecule has 1 spiro atoms. The molecular weight excluding hydrogens is 288 g/mol. The number of hydrogen-bond donors (Lipinski definition) is 3. The quantitative estimate of drug-likeness (QED) is 0.799. The standard InChI is InChI=1S/C19H26N2O2/c22-17(21-13-18(23)8-4-9-18)20-12-15-11-19(15)10-3-6-14-5-1-2-7-16(14)19/h1-2,5,7,15,23H,3-4,6,8-13H2,(H2,20,21,22). The van der Waals surface area contributed by atoms with Crippen LogP contribution in [-0.4, -0.2) is 29.8 Å². The number of carbonyl (C=O) groups excluding carboxylic acids is 1. The van der Waals surface area contributed by atoms with Gasteiger partial charge < -0.3 is 15.7 Å². The average Bonchev–Trinajstić information content (AvgIpc) is 3.23. The van der Waals surface area contributed by atoms with Gasteiger partial charge in [-0.3, -0.25) is 0 Å². The Morgan fingerprint density at radius 2 is 2.00 bits per heavy atom. The minimum Gasteiger partial charge on any atom is -0.388 e. The lowest BCUT2D eigenvalue weighted by molar-refractivity contribution is -0.0290. The molecule has 1 aromatic rings. The minimum absolute atomic E-state index is 0.142. The van der Waals surface area contributed by atoms with Gasteiger partial charge in [0.05, 0.1) is 5.60 Å². The number of rotatable bonds is 4. The second-order valence-electron chi connectivity index (χ2n) is 7.71. The van der Waals surface area contributed by atoms with Gasteiger partial charge in [-0.05, 0) is 62.0 Å². The number of amides is 2. The molecule has 2 fully saturated rings. The summed E-state index contributed by atoms with van der Waals surface area (Å²) in [4.78, 5) is 11.9. The van der Waals surface area contributed by atoms with Gasteiger partial charge in [-0.25, -0.2) is 4.79 Å². The van der Waals surface area contributed by atoms with Crippen molar-refractivity contribution < 1.29 is 9.90 Å². The van der Waals surface area contributed by atoms with Crippen molar-refractivity contribution in [2.75, 3.05) is 13.1 Å². The van der Waals surface area contributed by atoms with E-state index in [2.05, 4.69) is 34.9 Å². The molecule has 1 aromatic carbocycles. The Kier molecular flexibility index (Phi) is 3.60. The molecule has 0 aromatic heterocycles. The third kappa shape index (κ3) is 2.74. The molecule has 3 aliphatic rings. The fraction of sp³-hybridized carbons (Fsp3) is 0.632. The molecule has 2 amide bonds. The summed E-state index contributed by atoms with van der Waals surface area (Å²) in [7, 11) is 0. The second-order valence-corrected chi connectivity index (χ2v) is 7.71. The fourth-order valence-electron chi connectivity index (χ4n) is 4.52. The lowest BCUT2D eigenvalue weighted by Crippen LogP contribution is -2.50. The number of nitrogens with one attached hydrogen (secondary N) is 2. The molecule has 0 aliphatic heterocycles. The van der Waals surface area contributed by atoms with E-state index in [1.54, 1.807) is 0 Å². The van der Waals surface area contributed by atoms with Crippen LogP contribution < -0.4 is 10.6 Å². The first-order chi connectivity index (χ1) is 11.1. The maximum absolute atomic E-state index is 11.9. The molecule has 124 valence electrons. The first-order valence-electron chi connectivity index (χ1n) is 8.94. The molecular formula is C19H26N2O2. The summed E-state index contributed by atoms with van der Waals surface area (Å²) >= 11 is 0. The second kappa shape index (κ2) is 5.52. The zero-order valence-corrected chi connectivity index (χ0v) is 13.6. The van der Waals surface area contributed by atoms with Crippen LogP contribution in [0.15, 0.2) is 24.3 Å². The number of benzene rings is 1. The topological polar surface area (TPSA) is 61.4 Å². The molecule has 4 heteroatoms. The molecule has 4 nitrogen and oxygen atoms in total. The van der Waals surface area contributed by atoms with E-state index in [4.69, 9.17) is 0 Å². The Hall–Kier alpha value is -1.55. The Bertz CT molecular complexity index is 611. The van der Waals surface area contributed by atoms with Crippen molar-refractivity contribution >= 4 is 6.03 Å². The first-order valence-corrected chi connectivity index (χ1v) is 8.94. The number of urea groups is 1. The summed E-state index contributed by atoms with van der Waals surface area (Å²) < 4.78 is 0. The predicted octanol–water partition coefficient (Wildman–Crippen LogP) is 2.49. The van der Waals surface area contributed by atoms with E-state index in [-0.39, 0.29) is 6.03 Å². The van der Waals surface area contributed by atoms with Crippen molar-refractivity contribution in [3.8, 4) is 0 Å². The molecule has 2 atom stereocenters. The average molecular weight is 314 g/mol. The van der Waals surface area contributed by atoms with Crippen molar-refractivity contribution in [1.82, 2.24) is 10.6 Å². The number of carbonyl (C=O) groups is 1. The highest BCUT2D eigenvalue weighted by molar-refractivity contribution is 5.74. The van der Waals surface area contributed by atoms with Crippen molar-refractivity contribution in [2.24, 2.45) is 5.92 Å². The van der Waals surface area contributed by atoms with Crippen molar-refractivity contribution in [2.45, 2.75) is 56.0 Å². The molecule has 0 heterocycles. The van der Waals surface area contributed by atoms with E-state index in [0.29, 0.717) is 17.9 Å². The highest BCUT2D eigenvalue weighted by atomic mass is 16.3. The third-order valence-corrected chi connectivity index (χ3v) is 6.23. The largest absolute Gasteiger partial charge is 0.388 e. The monoisotopic (exact) mass is 314 g/mol. The van der Waals surface area contributed by atoms with E-state index < -0.39 is 5.60 Å². The van der Waals surface area contributed by atoms with Gasteiger partial charge in [0.2, 0.25) is 0 Å². The van der Waals surface area contributed by atoms with Crippen LogP contribution in [0.1, 0.15) is 49.7 Å². The minimum atomic E-state index is -0.652. The van der Waals surface area contributed by atoms with Crippen molar-refractivity contribution in [3.63, 3.8) is 0 Å². The lowest BCUT2D eigenvalue weighted by atomic mass is 9.78. The van der Waals surface area contributed by atoms with Crippen LogP contribution in [-0.2, 0) is 11.8 Å². The predicted molar refractivity (Wildman–Crippen MR) is 89.4 cm³/mol. The van der Waals surface area contributed by atoms with Gasteiger partial charge in [-0.2, -0.15) is 0 Å². The van der Waals surface area contributed by atoms with Crippen LogP contribution >= 0.6 is 0 Å². The van der Waals surface area contributed by atoms with E-state index in [0.717, 1.165) is 25.8 Å². The molecule has 0 saturated heterocycles. The van der Waals surface area contributed by atoms with Crippen LogP contribution in [0.3, 0.4) is 0 Å². The third-order valence-electron chi connectivity index (χ3n) is 6.23. The number of fused-ring (bicyclic) bond motifs is 2. The first kappa shape index (κ1) is 15.0. The summed E-state index contributed by atoms with van der Waals surface area (Å²) in [6.45, 7) is 1.11. The van der Waals surface area contributed by atoms with Crippen molar-refractivity contribution in [1.29, 1.82) is 0 Å². The SMILES string of the molecule is O=C(NCC1CC12CCCc1ccccc12)NCC1(O)CCC1. The van der Waals surface area contributed by atoms with E-state index in [1.165, 1.54) is 36.8 Å². The van der Waals surface area contributed by atoms with Gasteiger partial charge in [0.25, 0.3) is 0 Å². The Morgan fingerprint density at radius 1 is 1.17 bits per heavy atom. The molecule has 3 aliphatic carbocycles. The molecule has 3 N–H and O–H groups in total. The van der Waals surface area contributed by atoms with Gasteiger partial charge in [0.15, 0.2) is 0 Å². The van der Waals surface area contributed by atoms with Gasteiger partial charge >= 0.3 is 6.03 Å². The van der Waals surface area contributed by atoms with Crippen LogP contribution in [0, 0.1) is 5.92 Å². The molecule has 0 radical (unpaired) electrons. The highest BCUT2D eigenvalue weighted by Crippen LogP contribution is 2.59. The van der Waals surface area contributed by atoms with Gasteiger partial charge in [-0.1, -0.05) is 24.3 Å². The molecule has 0 bridgehead atoms. The zero-order valence-electron chi connectivity index (χ0n) is 13.6. The van der Waals surface area contributed by atoms with Gasteiger partial charge in [-0.15, -0.1) is 0 Å². The molecule has 2 unspecified atom stereocenters. The van der Waals surface area contributed by atoms with Gasteiger partial charge in [0.1, 0.15) is 0 Å². The smallest absolute Gasteiger partial charge is 0.314 e. The van der Waals surface area contributed by atoms with E-state index in [9.17, 15) is 9.90 Å². The lowest BCUT2D eigenvalue weighted by Gasteiger charge is -2.36. The normalized spacial score (nSPS) is 30.2. The van der Waals surface area contributed by atoms with Crippen LogP contribution in [0.25, 0.3) is 0 Å². The molecule has 4 rings (SSSR count). The number of hydrogen-bond acceptors (Lipinski definition) is 2. The maximum atomic E-state index is 11.9. The van der Waals surface area contributed by atoms with Crippen molar-refractivity contribution in [3.05, 3.63) is 35.4 Å². The summed E-state index contributed by atoms with van der Waals surface area (Å²) in [5, 5.41) is 15.8. The highest BCUT2D eigenvalue weighted by Gasteiger charge is 2.56. The molecule has 2 saturated carbocycles. The fourth-order valence-corrected chi connectivity index (χ4v) is 4.52. The summed E-state index contributed by atoms with van der Waals surface area (Å²) in [5.74, 6) is 0.557.